The highest BCUT2D eigenvalue weighted by Gasteiger charge is 2.11. The Morgan fingerprint density at radius 1 is 1.16 bits per heavy atom. The molecular formula is C23H25NO. The highest BCUT2D eigenvalue weighted by atomic mass is 16.1. The van der Waals surface area contributed by atoms with Gasteiger partial charge in [0.2, 0.25) is 0 Å². The topological polar surface area (TPSA) is 29.1 Å². The van der Waals surface area contributed by atoms with Gasteiger partial charge >= 0.3 is 0 Å². The molecule has 0 atom stereocenters. The van der Waals surface area contributed by atoms with Crippen molar-refractivity contribution in [1.29, 1.82) is 0 Å². The molecule has 0 fully saturated rings. The number of ketones is 1. The monoisotopic (exact) mass is 331 g/mol. The first-order valence-corrected chi connectivity index (χ1v) is 8.45. The Hall–Kier alpha value is -2.87. The fraction of sp³-hybridized carbons (Fsp3) is 0.174. The fourth-order valence-corrected chi connectivity index (χ4v) is 2.71. The summed E-state index contributed by atoms with van der Waals surface area (Å²) in [5.41, 5.74) is 5.94. The molecule has 2 heteroatoms. The van der Waals surface area contributed by atoms with E-state index in [0.717, 1.165) is 33.5 Å². The van der Waals surface area contributed by atoms with E-state index < -0.39 is 0 Å². The Morgan fingerprint density at radius 3 is 2.44 bits per heavy atom. The van der Waals surface area contributed by atoms with Crippen molar-refractivity contribution in [3.8, 4) is 0 Å². The van der Waals surface area contributed by atoms with Crippen molar-refractivity contribution in [3.63, 3.8) is 0 Å². The van der Waals surface area contributed by atoms with Crippen LogP contribution >= 0.6 is 0 Å². The van der Waals surface area contributed by atoms with E-state index in [4.69, 9.17) is 0 Å². The van der Waals surface area contributed by atoms with Crippen molar-refractivity contribution in [3.05, 3.63) is 95.6 Å². The number of Topliss-reactive ketones (excluding diaryl/α,β-unsaturated/α-hetero) is 1. The molecule has 2 aromatic carbocycles. The molecule has 1 N–H and O–H groups in total. The van der Waals surface area contributed by atoms with Crippen molar-refractivity contribution < 1.29 is 4.79 Å². The van der Waals surface area contributed by atoms with Crippen LogP contribution in [0, 0.1) is 6.92 Å². The maximum absolute atomic E-state index is 12.7. The van der Waals surface area contributed by atoms with Crippen LogP contribution in [0.15, 0.2) is 73.3 Å². The molecule has 0 amide bonds. The van der Waals surface area contributed by atoms with Crippen LogP contribution in [0.2, 0.25) is 0 Å². The third-order valence-electron chi connectivity index (χ3n) is 4.16. The van der Waals surface area contributed by atoms with Crippen LogP contribution in [0.1, 0.15) is 34.0 Å². The lowest BCUT2D eigenvalue weighted by Crippen LogP contribution is -2.06. The normalized spacial score (nSPS) is 11.6. The van der Waals surface area contributed by atoms with E-state index >= 15 is 0 Å². The molecule has 128 valence electrons. The van der Waals surface area contributed by atoms with Gasteiger partial charge in [0.25, 0.3) is 0 Å². The molecule has 2 aromatic rings. The summed E-state index contributed by atoms with van der Waals surface area (Å²) in [6.07, 6.45) is 8.23. The molecule has 0 aliphatic rings. The fourth-order valence-electron chi connectivity index (χ4n) is 2.71. The van der Waals surface area contributed by atoms with E-state index in [9.17, 15) is 4.79 Å². The minimum absolute atomic E-state index is 0.138. The van der Waals surface area contributed by atoms with E-state index in [0.29, 0.717) is 6.42 Å². The molecule has 0 saturated carbocycles. The van der Waals surface area contributed by atoms with Crippen LogP contribution in [-0.2, 0) is 6.42 Å². The van der Waals surface area contributed by atoms with Gasteiger partial charge in [-0.25, -0.2) is 0 Å². The zero-order valence-electron chi connectivity index (χ0n) is 15.2. The summed E-state index contributed by atoms with van der Waals surface area (Å²) in [4.78, 5) is 12.7. The van der Waals surface area contributed by atoms with E-state index in [1.165, 1.54) is 0 Å². The van der Waals surface area contributed by atoms with Crippen molar-refractivity contribution >= 4 is 17.0 Å². The van der Waals surface area contributed by atoms with Crippen LogP contribution in [0.25, 0.3) is 5.57 Å². The number of aryl methyl sites for hydroxylation is 1. The minimum atomic E-state index is 0.138. The summed E-state index contributed by atoms with van der Waals surface area (Å²) in [6, 6.07) is 13.9. The number of carbonyl (C=O) groups is 1. The lowest BCUT2D eigenvalue weighted by molar-refractivity contribution is 0.0992. The number of hydrogen-bond donors (Lipinski definition) is 1. The van der Waals surface area contributed by atoms with Gasteiger partial charge in [-0.05, 0) is 48.2 Å². The molecule has 0 heterocycles. The smallest absolute Gasteiger partial charge is 0.167 e. The molecule has 25 heavy (non-hydrogen) atoms. The molecule has 0 saturated heterocycles. The van der Waals surface area contributed by atoms with Crippen molar-refractivity contribution in [2.45, 2.75) is 20.3 Å². The first kappa shape index (κ1) is 18.5. The molecule has 0 unspecified atom stereocenters. The van der Waals surface area contributed by atoms with Gasteiger partial charge in [0.1, 0.15) is 0 Å². The molecule has 0 bridgehead atoms. The quantitative estimate of drug-likeness (QED) is 0.528. The largest absolute Gasteiger partial charge is 0.388 e. The maximum Gasteiger partial charge on any atom is 0.167 e. The van der Waals surface area contributed by atoms with Gasteiger partial charge in [0, 0.05) is 24.7 Å². The SMILES string of the molecule is C=C/C(=C\C=C/C)c1ccc(C(=O)Cc2ccc(NC)cc2)c(C)c1. The van der Waals surface area contributed by atoms with E-state index in [-0.39, 0.29) is 5.78 Å². The van der Waals surface area contributed by atoms with Crippen molar-refractivity contribution in [2.75, 3.05) is 12.4 Å². The Bertz CT molecular complexity index is 810. The first-order valence-electron chi connectivity index (χ1n) is 8.45. The third kappa shape index (κ3) is 4.80. The second-order valence-electron chi connectivity index (χ2n) is 5.93. The van der Waals surface area contributed by atoms with Crippen LogP contribution < -0.4 is 5.32 Å². The van der Waals surface area contributed by atoms with Gasteiger partial charge in [0.15, 0.2) is 5.78 Å². The zero-order chi connectivity index (χ0) is 18.2. The van der Waals surface area contributed by atoms with Crippen LogP contribution in [0.5, 0.6) is 0 Å². The molecule has 0 radical (unpaired) electrons. The van der Waals surface area contributed by atoms with Crippen LogP contribution in [0.4, 0.5) is 5.69 Å². The Kier molecular flexibility index (Phi) is 6.53. The van der Waals surface area contributed by atoms with Crippen LogP contribution in [0.3, 0.4) is 0 Å². The zero-order valence-corrected chi connectivity index (χ0v) is 15.2. The van der Waals surface area contributed by atoms with Gasteiger partial charge in [-0.2, -0.15) is 0 Å². The number of allylic oxidation sites excluding steroid dienone is 5. The molecule has 0 spiro atoms. The van der Waals surface area contributed by atoms with Gasteiger partial charge in [-0.1, -0.05) is 61.2 Å². The Labute approximate surface area is 150 Å². The number of nitrogens with one attached hydrogen (secondary N) is 1. The molecular weight excluding hydrogens is 306 g/mol. The average molecular weight is 331 g/mol. The second kappa shape index (κ2) is 8.84. The minimum Gasteiger partial charge on any atom is -0.388 e. The third-order valence-corrected chi connectivity index (χ3v) is 4.16. The highest BCUT2D eigenvalue weighted by molar-refractivity contribution is 5.99. The molecule has 0 aromatic heterocycles. The Balaban J connectivity index is 2.21. The summed E-state index contributed by atoms with van der Waals surface area (Å²) < 4.78 is 0. The summed E-state index contributed by atoms with van der Waals surface area (Å²) in [6.45, 7) is 7.84. The van der Waals surface area contributed by atoms with Gasteiger partial charge in [-0.3, -0.25) is 4.79 Å². The van der Waals surface area contributed by atoms with Gasteiger partial charge < -0.3 is 5.32 Å². The molecule has 2 nitrogen and oxygen atoms in total. The number of benzene rings is 2. The maximum atomic E-state index is 12.7. The second-order valence-corrected chi connectivity index (χ2v) is 5.93. The number of anilines is 1. The predicted molar refractivity (Wildman–Crippen MR) is 108 cm³/mol. The molecule has 2 rings (SSSR count). The highest BCUT2D eigenvalue weighted by Crippen LogP contribution is 2.21. The van der Waals surface area contributed by atoms with E-state index in [2.05, 4.69) is 11.9 Å². The van der Waals surface area contributed by atoms with Crippen molar-refractivity contribution in [2.24, 2.45) is 0 Å². The Morgan fingerprint density at radius 2 is 1.88 bits per heavy atom. The van der Waals surface area contributed by atoms with Gasteiger partial charge in [0.05, 0.1) is 0 Å². The summed E-state index contributed by atoms with van der Waals surface area (Å²) in [7, 11) is 1.88. The van der Waals surface area contributed by atoms with Crippen LogP contribution in [-0.4, -0.2) is 12.8 Å². The summed E-state index contributed by atoms with van der Waals surface area (Å²) >= 11 is 0. The summed E-state index contributed by atoms with van der Waals surface area (Å²) in [5.74, 6) is 0.138. The predicted octanol–water partition coefficient (Wildman–Crippen LogP) is 5.61. The standard InChI is InChI=1S/C23H25NO/c1-5-7-8-19(6-2)20-11-14-22(17(3)15-20)23(25)16-18-9-12-21(24-4)13-10-18/h5-15,24H,2,16H2,1,3-4H3/b7-5-,19-8+. The average Bonchev–Trinajstić information content (AvgIpc) is 2.63. The summed E-state index contributed by atoms with van der Waals surface area (Å²) in [5, 5.41) is 3.08. The number of carbonyl (C=O) groups excluding carboxylic acids is 1. The lowest BCUT2D eigenvalue weighted by Gasteiger charge is -2.09. The number of rotatable bonds is 7. The van der Waals surface area contributed by atoms with E-state index in [1.54, 1.807) is 0 Å². The lowest BCUT2D eigenvalue weighted by atomic mass is 9.95. The number of hydrogen-bond acceptors (Lipinski definition) is 2. The first-order chi connectivity index (χ1) is 12.1. The molecule has 0 aliphatic carbocycles. The van der Waals surface area contributed by atoms with Crippen molar-refractivity contribution in [1.82, 2.24) is 0 Å². The molecule has 0 aliphatic heterocycles. The van der Waals surface area contributed by atoms with E-state index in [1.807, 2.05) is 87.7 Å². The van der Waals surface area contributed by atoms with Gasteiger partial charge in [-0.15, -0.1) is 0 Å².